The fourth-order valence-corrected chi connectivity index (χ4v) is 4.10. The van der Waals surface area contributed by atoms with E-state index >= 15 is 0 Å². The third kappa shape index (κ3) is 38.6. The first-order valence-corrected chi connectivity index (χ1v) is 20.2. The van der Waals surface area contributed by atoms with Gasteiger partial charge >= 0.3 is 0 Å². The first-order chi connectivity index (χ1) is 24.1. The topological polar surface area (TPSA) is 116 Å². The Morgan fingerprint density at radius 3 is 1.13 bits per heavy atom. The summed E-state index contributed by atoms with van der Waals surface area (Å²) in [5.74, 6) is 0.582. The lowest BCUT2D eigenvalue weighted by molar-refractivity contribution is -0.122. The molecule has 0 saturated heterocycles. The number of benzene rings is 1. The predicted octanol–water partition coefficient (Wildman–Crippen LogP) is 10.4. The molecule has 8 nitrogen and oxygen atoms in total. The number of aryl methyl sites for hydroxylation is 3. The standard InChI is InChI=1S/C15H23NO.C11H23NO.C10H21NO.C9H19NO/c1-10-7-12(3)13(8-11(10)2)14(17)16-9-15(4,5)6;1-5-6-7-8-10(13)12-9-11(2,3)4;1-5-6-7-9(12)11-8-10(2,3)4;1-5-6-8(11)10-7-9(2,3)4/h7-8H,9H2,1-6H3,(H,16,17);5-9H2,1-4H3,(H,12,13);5-8H2,1-4H3,(H,11,12);5-7H2,1-4H3,(H,10,11). The molecule has 1 aromatic carbocycles. The Balaban J connectivity index is -0.000000639. The van der Waals surface area contributed by atoms with Crippen molar-refractivity contribution in [2.24, 2.45) is 21.7 Å². The Kier molecular flexibility index (Phi) is 28.4. The van der Waals surface area contributed by atoms with Crippen molar-refractivity contribution >= 4 is 23.6 Å². The van der Waals surface area contributed by atoms with Gasteiger partial charge in [0.15, 0.2) is 0 Å². The van der Waals surface area contributed by atoms with E-state index in [0.717, 1.165) is 68.4 Å². The average molecular weight is 747 g/mol. The molecule has 0 unspecified atom stereocenters. The average Bonchev–Trinajstić information content (AvgIpc) is 3.01. The van der Waals surface area contributed by atoms with Crippen LogP contribution in [0.4, 0.5) is 0 Å². The summed E-state index contributed by atoms with van der Waals surface area (Å²) < 4.78 is 0. The van der Waals surface area contributed by atoms with Crippen molar-refractivity contribution < 1.29 is 19.2 Å². The van der Waals surface area contributed by atoms with Gasteiger partial charge in [-0.25, -0.2) is 0 Å². The summed E-state index contributed by atoms with van der Waals surface area (Å²) in [6, 6.07) is 4.05. The normalized spacial score (nSPS) is 11.4. The Morgan fingerprint density at radius 1 is 0.434 bits per heavy atom. The molecule has 4 amide bonds. The molecule has 0 aliphatic heterocycles. The minimum Gasteiger partial charge on any atom is -0.356 e. The van der Waals surface area contributed by atoms with Crippen molar-refractivity contribution in [1.82, 2.24) is 21.3 Å². The Hall–Kier alpha value is -2.90. The van der Waals surface area contributed by atoms with Crippen molar-refractivity contribution in [3.05, 3.63) is 34.4 Å². The van der Waals surface area contributed by atoms with Gasteiger partial charge < -0.3 is 21.3 Å². The minimum absolute atomic E-state index is 0.0283. The highest BCUT2D eigenvalue weighted by atomic mass is 16.2. The zero-order chi connectivity index (χ0) is 42.1. The summed E-state index contributed by atoms with van der Waals surface area (Å²) in [5, 5.41) is 11.7. The fraction of sp³-hybridized carbons (Fsp3) is 0.778. The lowest BCUT2D eigenvalue weighted by atomic mass is 9.96. The maximum Gasteiger partial charge on any atom is 0.251 e. The van der Waals surface area contributed by atoms with Gasteiger partial charge in [0.1, 0.15) is 0 Å². The van der Waals surface area contributed by atoms with E-state index in [-0.39, 0.29) is 45.3 Å². The van der Waals surface area contributed by atoms with E-state index in [2.05, 4.69) is 131 Å². The molecule has 0 aliphatic carbocycles. The summed E-state index contributed by atoms with van der Waals surface area (Å²) >= 11 is 0. The van der Waals surface area contributed by atoms with Gasteiger partial charge in [-0.3, -0.25) is 19.2 Å². The second-order valence-electron chi connectivity index (χ2n) is 19.3. The molecule has 1 aromatic rings. The number of hydrogen-bond acceptors (Lipinski definition) is 4. The van der Waals surface area contributed by atoms with E-state index < -0.39 is 0 Å². The van der Waals surface area contributed by atoms with Crippen LogP contribution in [0.1, 0.15) is 189 Å². The molecular weight excluding hydrogens is 661 g/mol. The van der Waals surface area contributed by atoms with Gasteiger partial charge in [0.2, 0.25) is 17.7 Å². The van der Waals surface area contributed by atoms with E-state index in [4.69, 9.17) is 0 Å². The number of carbonyl (C=O) groups is 4. The summed E-state index contributed by atoms with van der Waals surface area (Å²) in [6.45, 7) is 40.7. The lowest BCUT2D eigenvalue weighted by Gasteiger charge is -2.19. The predicted molar refractivity (Wildman–Crippen MR) is 228 cm³/mol. The smallest absolute Gasteiger partial charge is 0.251 e. The zero-order valence-corrected chi connectivity index (χ0v) is 38.0. The van der Waals surface area contributed by atoms with Gasteiger partial charge in [-0.1, -0.05) is 129 Å². The highest BCUT2D eigenvalue weighted by molar-refractivity contribution is 5.96. The molecular formula is C45H86N4O4. The van der Waals surface area contributed by atoms with Crippen LogP contribution in [0.25, 0.3) is 0 Å². The van der Waals surface area contributed by atoms with Gasteiger partial charge in [0.25, 0.3) is 5.91 Å². The quantitative estimate of drug-likeness (QED) is 0.142. The Bertz CT molecular complexity index is 1180. The zero-order valence-electron chi connectivity index (χ0n) is 38.0. The van der Waals surface area contributed by atoms with E-state index in [9.17, 15) is 19.2 Å². The summed E-state index contributed by atoms with van der Waals surface area (Å²) in [4.78, 5) is 45.4. The molecule has 0 saturated carbocycles. The molecule has 53 heavy (non-hydrogen) atoms. The minimum atomic E-state index is 0.0283. The first kappa shape index (κ1) is 54.4. The Labute approximate surface area is 328 Å². The van der Waals surface area contributed by atoms with Gasteiger partial charge in [0.05, 0.1) is 0 Å². The molecule has 0 atom stereocenters. The largest absolute Gasteiger partial charge is 0.356 e. The SMILES string of the molecule is CCCC(=O)NCC(C)(C)C.CCCCC(=O)NCC(C)(C)C.CCCCCC(=O)NCC(C)(C)C.Cc1cc(C)c(C(=O)NCC(C)(C)C)cc1C. The summed E-state index contributed by atoms with van der Waals surface area (Å²) in [7, 11) is 0. The highest BCUT2D eigenvalue weighted by Crippen LogP contribution is 2.17. The molecule has 0 fully saturated rings. The number of nitrogens with one attached hydrogen (secondary N) is 4. The first-order valence-electron chi connectivity index (χ1n) is 20.2. The van der Waals surface area contributed by atoms with Crippen LogP contribution >= 0.6 is 0 Å². The number of rotatable bonds is 14. The molecule has 0 spiro atoms. The maximum atomic E-state index is 12.1. The molecule has 4 N–H and O–H groups in total. The number of amides is 4. The van der Waals surface area contributed by atoms with Crippen LogP contribution in [0, 0.1) is 42.4 Å². The van der Waals surface area contributed by atoms with Gasteiger partial charge in [-0.15, -0.1) is 0 Å². The molecule has 0 heterocycles. The van der Waals surface area contributed by atoms with Crippen molar-refractivity contribution in [2.45, 2.75) is 182 Å². The molecule has 1 rings (SSSR count). The van der Waals surface area contributed by atoms with Crippen LogP contribution in [0.5, 0.6) is 0 Å². The van der Waals surface area contributed by atoms with E-state index in [0.29, 0.717) is 25.8 Å². The van der Waals surface area contributed by atoms with Crippen molar-refractivity contribution in [3.63, 3.8) is 0 Å². The third-order valence-electron chi connectivity index (χ3n) is 7.55. The molecule has 310 valence electrons. The van der Waals surface area contributed by atoms with Crippen LogP contribution in [0.3, 0.4) is 0 Å². The molecule has 0 aliphatic rings. The van der Waals surface area contributed by atoms with Crippen LogP contribution in [0.15, 0.2) is 12.1 Å². The van der Waals surface area contributed by atoms with Crippen LogP contribution in [-0.2, 0) is 14.4 Å². The highest BCUT2D eigenvalue weighted by Gasteiger charge is 2.16. The van der Waals surface area contributed by atoms with Crippen LogP contribution in [-0.4, -0.2) is 49.8 Å². The second kappa shape index (κ2) is 27.6. The maximum absolute atomic E-state index is 12.1. The third-order valence-corrected chi connectivity index (χ3v) is 7.55. The number of hydrogen-bond donors (Lipinski definition) is 4. The van der Waals surface area contributed by atoms with E-state index in [1.165, 1.54) is 12.0 Å². The monoisotopic (exact) mass is 747 g/mol. The van der Waals surface area contributed by atoms with E-state index in [1.807, 2.05) is 26.8 Å². The molecule has 0 bridgehead atoms. The number of unbranched alkanes of at least 4 members (excludes halogenated alkanes) is 3. The molecule has 0 radical (unpaired) electrons. The second-order valence-corrected chi connectivity index (χ2v) is 19.3. The van der Waals surface area contributed by atoms with Gasteiger partial charge in [0, 0.05) is 51.0 Å². The van der Waals surface area contributed by atoms with Gasteiger partial charge in [-0.05, 0) is 84.5 Å². The fourth-order valence-electron chi connectivity index (χ4n) is 4.10. The van der Waals surface area contributed by atoms with E-state index in [1.54, 1.807) is 0 Å². The Morgan fingerprint density at radius 2 is 0.774 bits per heavy atom. The van der Waals surface area contributed by atoms with Crippen LogP contribution < -0.4 is 21.3 Å². The van der Waals surface area contributed by atoms with Crippen molar-refractivity contribution in [2.75, 3.05) is 26.2 Å². The van der Waals surface area contributed by atoms with Crippen molar-refractivity contribution in [1.29, 1.82) is 0 Å². The number of carbonyl (C=O) groups excluding carboxylic acids is 4. The summed E-state index contributed by atoms with van der Waals surface area (Å²) in [5.41, 5.74) is 4.93. The van der Waals surface area contributed by atoms with Crippen molar-refractivity contribution in [3.8, 4) is 0 Å². The lowest BCUT2D eigenvalue weighted by Crippen LogP contribution is -2.32. The summed E-state index contributed by atoms with van der Waals surface area (Å²) in [6.07, 6.45) is 8.36. The van der Waals surface area contributed by atoms with Gasteiger partial charge in [-0.2, -0.15) is 0 Å². The molecule has 8 heteroatoms. The van der Waals surface area contributed by atoms with Crippen LogP contribution in [0.2, 0.25) is 0 Å². The molecule has 0 aromatic heterocycles.